The monoisotopic (exact) mass is 229 g/mol. The van der Waals surface area contributed by atoms with E-state index in [4.69, 9.17) is 19.3 Å². The fourth-order valence-electron chi connectivity index (χ4n) is 1.87. The zero-order valence-electron chi connectivity index (χ0n) is 8.72. The maximum Gasteiger partial charge on any atom is 0.409 e. The van der Waals surface area contributed by atoms with Gasteiger partial charge in [-0.1, -0.05) is 0 Å². The van der Waals surface area contributed by atoms with Gasteiger partial charge in [-0.2, -0.15) is 0 Å². The second-order valence-corrected chi connectivity index (χ2v) is 3.44. The standard InChI is InChI=1S/C9H11NO6/c1-14-9(15-2)5(10-8(12)13)3-4(11)6-7(9)16-6/h3,6-7,10H,1-2H3,(H,12,13). The summed E-state index contributed by atoms with van der Waals surface area (Å²) in [7, 11) is 2.71. The van der Waals surface area contributed by atoms with Gasteiger partial charge in [0, 0.05) is 20.3 Å². The summed E-state index contributed by atoms with van der Waals surface area (Å²) in [6.45, 7) is 0. The highest BCUT2D eigenvalue weighted by Gasteiger charge is 2.64. The van der Waals surface area contributed by atoms with E-state index in [0.29, 0.717) is 0 Å². The smallest absolute Gasteiger partial charge is 0.409 e. The summed E-state index contributed by atoms with van der Waals surface area (Å²) < 4.78 is 15.4. The Balaban J connectivity index is 2.36. The van der Waals surface area contributed by atoms with Crippen molar-refractivity contribution in [2.24, 2.45) is 0 Å². The van der Waals surface area contributed by atoms with Crippen molar-refractivity contribution in [3.63, 3.8) is 0 Å². The molecule has 0 bridgehead atoms. The molecule has 2 N–H and O–H groups in total. The predicted molar refractivity (Wildman–Crippen MR) is 49.7 cm³/mol. The Morgan fingerprint density at radius 3 is 2.69 bits per heavy atom. The molecule has 2 rings (SSSR count). The molecule has 2 atom stereocenters. The van der Waals surface area contributed by atoms with E-state index in [1.807, 2.05) is 0 Å². The number of ether oxygens (including phenoxy) is 3. The first-order chi connectivity index (χ1) is 7.55. The zero-order valence-corrected chi connectivity index (χ0v) is 8.72. The topological polar surface area (TPSA) is 97.4 Å². The molecule has 88 valence electrons. The van der Waals surface area contributed by atoms with Crippen LogP contribution in [0.1, 0.15) is 0 Å². The van der Waals surface area contributed by atoms with Crippen molar-refractivity contribution in [2.75, 3.05) is 14.2 Å². The number of carbonyl (C=O) groups excluding carboxylic acids is 1. The molecule has 7 heteroatoms. The minimum Gasteiger partial charge on any atom is -0.465 e. The van der Waals surface area contributed by atoms with E-state index < -0.39 is 24.1 Å². The number of rotatable bonds is 3. The Morgan fingerprint density at radius 2 is 2.19 bits per heavy atom. The van der Waals surface area contributed by atoms with E-state index in [1.54, 1.807) is 0 Å². The van der Waals surface area contributed by atoms with Gasteiger partial charge in [-0.05, 0) is 0 Å². The molecule has 1 heterocycles. The van der Waals surface area contributed by atoms with Crippen LogP contribution < -0.4 is 5.32 Å². The van der Waals surface area contributed by atoms with Crippen molar-refractivity contribution in [1.29, 1.82) is 0 Å². The third-order valence-electron chi connectivity index (χ3n) is 2.66. The lowest BCUT2D eigenvalue weighted by Gasteiger charge is -2.32. The second kappa shape index (κ2) is 3.55. The number of ketones is 1. The number of carbonyl (C=O) groups is 2. The molecule has 1 aliphatic heterocycles. The normalized spacial score (nSPS) is 30.4. The van der Waals surface area contributed by atoms with Crippen LogP contribution in [0.15, 0.2) is 11.8 Å². The molecule has 0 radical (unpaired) electrons. The molecule has 0 aromatic carbocycles. The average Bonchev–Trinajstić information content (AvgIpc) is 2.99. The zero-order chi connectivity index (χ0) is 11.9. The summed E-state index contributed by atoms with van der Waals surface area (Å²) in [6, 6.07) is 0. The van der Waals surface area contributed by atoms with Gasteiger partial charge < -0.3 is 19.3 Å². The van der Waals surface area contributed by atoms with Crippen LogP contribution in [0.4, 0.5) is 4.79 Å². The minimum absolute atomic E-state index is 0.0359. The lowest BCUT2D eigenvalue weighted by atomic mass is 9.96. The van der Waals surface area contributed by atoms with Gasteiger partial charge in [-0.3, -0.25) is 10.1 Å². The van der Waals surface area contributed by atoms with Crippen LogP contribution in [0, 0.1) is 0 Å². The van der Waals surface area contributed by atoms with Gasteiger partial charge in [0.1, 0.15) is 0 Å². The van der Waals surface area contributed by atoms with Gasteiger partial charge in [0.15, 0.2) is 18.0 Å². The first-order valence-corrected chi connectivity index (χ1v) is 4.57. The number of methoxy groups -OCH3 is 2. The van der Waals surface area contributed by atoms with Crippen molar-refractivity contribution < 1.29 is 28.9 Å². The largest absolute Gasteiger partial charge is 0.465 e. The molecular formula is C9H11NO6. The SMILES string of the molecule is COC1(OC)C(NC(=O)O)=CC(=O)C2OC21. The highest BCUT2D eigenvalue weighted by molar-refractivity contribution is 5.98. The fraction of sp³-hybridized carbons (Fsp3) is 0.556. The summed E-state index contributed by atoms with van der Waals surface area (Å²) in [5.74, 6) is -1.64. The Hall–Kier alpha value is -1.44. The van der Waals surface area contributed by atoms with Gasteiger partial charge in [0.25, 0.3) is 0 Å². The van der Waals surface area contributed by atoms with Crippen molar-refractivity contribution in [3.8, 4) is 0 Å². The Kier molecular flexibility index (Phi) is 2.45. The molecule has 0 aromatic rings. The molecule has 0 spiro atoms. The van der Waals surface area contributed by atoms with Crippen molar-refractivity contribution in [2.45, 2.75) is 18.0 Å². The Bertz CT molecular complexity index is 372. The molecule has 1 fully saturated rings. The maximum atomic E-state index is 11.4. The molecule has 2 unspecified atom stereocenters. The Labute approximate surface area is 91.0 Å². The summed E-state index contributed by atoms with van der Waals surface area (Å²) in [5, 5.41) is 10.7. The molecule has 1 saturated heterocycles. The van der Waals surface area contributed by atoms with E-state index in [-0.39, 0.29) is 11.5 Å². The molecule has 1 amide bonds. The second-order valence-electron chi connectivity index (χ2n) is 3.44. The average molecular weight is 229 g/mol. The first-order valence-electron chi connectivity index (χ1n) is 4.57. The van der Waals surface area contributed by atoms with Crippen LogP contribution >= 0.6 is 0 Å². The predicted octanol–water partition coefficient (Wildman–Crippen LogP) is -0.523. The first kappa shape index (κ1) is 11.1. The molecule has 2 aliphatic rings. The molecule has 1 aliphatic carbocycles. The van der Waals surface area contributed by atoms with E-state index >= 15 is 0 Å². The van der Waals surface area contributed by atoms with Crippen LogP contribution in [-0.4, -0.2) is 49.2 Å². The van der Waals surface area contributed by atoms with Crippen molar-refractivity contribution in [1.82, 2.24) is 5.32 Å². The van der Waals surface area contributed by atoms with Gasteiger partial charge in [0.05, 0.1) is 5.70 Å². The lowest BCUT2D eigenvalue weighted by molar-refractivity contribution is -0.194. The highest BCUT2D eigenvalue weighted by atomic mass is 16.7. The third kappa shape index (κ3) is 1.41. The summed E-state index contributed by atoms with van der Waals surface area (Å²) in [5.41, 5.74) is 0.0359. The number of nitrogens with one attached hydrogen (secondary N) is 1. The van der Waals surface area contributed by atoms with Gasteiger partial charge in [0.2, 0.25) is 5.79 Å². The number of epoxide rings is 1. The summed E-state index contributed by atoms with van der Waals surface area (Å²) >= 11 is 0. The van der Waals surface area contributed by atoms with Gasteiger partial charge in [-0.25, -0.2) is 4.79 Å². The van der Waals surface area contributed by atoms with Crippen LogP contribution in [0.25, 0.3) is 0 Å². The molecule has 0 aromatic heterocycles. The van der Waals surface area contributed by atoms with Crippen LogP contribution in [0.2, 0.25) is 0 Å². The number of hydrogen-bond donors (Lipinski definition) is 2. The molecule has 7 nitrogen and oxygen atoms in total. The van der Waals surface area contributed by atoms with E-state index in [9.17, 15) is 9.59 Å². The fourth-order valence-corrected chi connectivity index (χ4v) is 1.87. The molecule has 16 heavy (non-hydrogen) atoms. The minimum atomic E-state index is -1.35. The quantitative estimate of drug-likeness (QED) is 0.499. The van der Waals surface area contributed by atoms with Crippen LogP contribution in [0.3, 0.4) is 0 Å². The molecular weight excluding hydrogens is 218 g/mol. The number of fused-ring (bicyclic) bond motifs is 1. The van der Waals surface area contributed by atoms with Gasteiger partial charge in [-0.15, -0.1) is 0 Å². The highest BCUT2D eigenvalue weighted by Crippen LogP contribution is 2.43. The number of hydrogen-bond acceptors (Lipinski definition) is 5. The summed E-state index contributed by atoms with van der Waals surface area (Å²) in [6.07, 6.45) is -1.35. The van der Waals surface area contributed by atoms with Crippen LogP contribution in [0.5, 0.6) is 0 Å². The lowest BCUT2D eigenvalue weighted by Crippen LogP contribution is -2.51. The Morgan fingerprint density at radius 1 is 1.56 bits per heavy atom. The van der Waals surface area contributed by atoms with Crippen LogP contribution in [-0.2, 0) is 19.0 Å². The van der Waals surface area contributed by atoms with Gasteiger partial charge >= 0.3 is 6.09 Å². The third-order valence-corrected chi connectivity index (χ3v) is 2.66. The molecule has 0 saturated carbocycles. The van der Waals surface area contributed by atoms with Crippen molar-refractivity contribution >= 4 is 11.9 Å². The van der Waals surface area contributed by atoms with E-state index in [1.165, 1.54) is 14.2 Å². The summed E-state index contributed by atoms with van der Waals surface area (Å²) in [4.78, 5) is 22.0. The van der Waals surface area contributed by atoms with E-state index in [2.05, 4.69) is 5.32 Å². The number of amides is 1. The van der Waals surface area contributed by atoms with Crippen molar-refractivity contribution in [3.05, 3.63) is 11.8 Å². The maximum absolute atomic E-state index is 11.4. The van der Waals surface area contributed by atoms with E-state index in [0.717, 1.165) is 6.08 Å². The number of carboxylic acid groups (broad SMARTS) is 1.